The van der Waals surface area contributed by atoms with Crippen molar-refractivity contribution >= 4 is 11.8 Å². The third-order valence-corrected chi connectivity index (χ3v) is 5.28. The number of hydrogen-bond donors (Lipinski definition) is 1. The van der Waals surface area contributed by atoms with Crippen LogP contribution in [0.3, 0.4) is 0 Å². The first-order valence-electron chi connectivity index (χ1n) is 8.85. The van der Waals surface area contributed by atoms with Crippen LogP contribution in [0.4, 0.5) is 0 Å². The van der Waals surface area contributed by atoms with E-state index >= 15 is 0 Å². The molecule has 1 aromatic heterocycles. The van der Waals surface area contributed by atoms with Crippen molar-refractivity contribution < 1.29 is 19.1 Å². The molecule has 3 unspecified atom stereocenters. The Hall–Kier alpha value is -1.82. The summed E-state index contributed by atoms with van der Waals surface area (Å²) in [5.74, 6) is 0.182. The number of aliphatic hydroxyl groups is 1. The fraction of sp³-hybridized carbons (Fsp3) is 0.667. The fourth-order valence-electron chi connectivity index (χ4n) is 3.90. The molecule has 1 N–H and O–H groups in total. The van der Waals surface area contributed by atoms with Gasteiger partial charge in [-0.05, 0) is 44.2 Å². The number of likely N-dealkylation sites (N-methyl/N-ethyl adjacent to an activating group) is 1. The van der Waals surface area contributed by atoms with E-state index in [0.29, 0.717) is 19.5 Å². The maximum atomic E-state index is 12.9. The molecule has 24 heavy (non-hydrogen) atoms. The minimum atomic E-state index is -0.431. The van der Waals surface area contributed by atoms with Gasteiger partial charge in [-0.1, -0.05) is 6.42 Å². The van der Waals surface area contributed by atoms with Crippen molar-refractivity contribution in [3.8, 4) is 0 Å². The van der Waals surface area contributed by atoms with E-state index in [0.717, 1.165) is 32.1 Å². The second kappa shape index (κ2) is 7.38. The molecular formula is C18H26N2O4. The molecule has 1 saturated heterocycles. The van der Waals surface area contributed by atoms with Gasteiger partial charge >= 0.3 is 0 Å². The average Bonchev–Trinajstić information content (AvgIpc) is 3.26. The van der Waals surface area contributed by atoms with Crippen LogP contribution in [0.5, 0.6) is 0 Å². The van der Waals surface area contributed by atoms with Crippen LogP contribution in [0, 0.1) is 5.92 Å². The second-order valence-corrected chi connectivity index (χ2v) is 6.96. The first kappa shape index (κ1) is 17.0. The number of rotatable bonds is 4. The minimum Gasteiger partial charge on any atom is -0.459 e. The third-order valence-electron chi connectivity index (χ3n) is 5.28. The summed E-state index contributed by atoms with van der Waals surface area (Å²) in [5.41, 5.74) is 0. The molecule has 1 aliphatic heterocycles. The van der Waals surface area contributed by atoms with Gasteiger partial charge in [-0.15, -0.1) is 0 Å². The van der Waals surface area contributed by atoms with Crippen LogP contribution >= 0.6 is 0 Å². The van der Waals surface area contributed by atoms with E-state index in [1.165, 1.54) is 6.26 Å². The summed E-state index contributed by atoms with van der Waals surface area (Å²) in [6.07, 6.45) is 6.48. The van der Waals surface area contributed by atoms with E-state index in [1.54, 1.807) is 29.0 Å². The van der Waals surface area contributed by atoms with Crippen LogP contribution in [0.2, 0.25) is 0 Å². The number of aliphatic hydroxyl groups excluding tert-OH is 1. The zero-order chi connectivity index (χ0) is 17.1. The molecule has 2 aliphatic rings. The van der Waals surface area contributed by atoms with Gasteiger partial charge in [-0.2, -0.15) is 0 Å². The number of piperidine rings is 1. The SMILES string of the molecule is CN(CC1CCCC1O)C(=O)C1CCCCN1C(=O)c1ccco1. The Bertz CT molecular complexity index is 572. The van der Waals surface area contributed by atoms with E-state index < -0.39 is 6.04 Å². The summed E-state index contributed by atoms with van der Waals surface area (Å²) in [7, 11) is 1.78. The quantitative estimate of drug-likeness (QED) is 0.912. The molecule has 2 amide bonds. The Morgan fingerprint density at radius 1 is 1.29 bits per heavy atom. The van der Waals surface area contributed by atoms with Gasteiger partial charge in [0.05, 0.1) is 12.4 Å². The van der Waals surface area contributed by atoms with Crippen molar-refractivity contribution in [3.63, 3.8) is 0 Å². The summed E-state index contributed by atoms with van der Waals surface area (Å²) in [6, 6.07) is 2.89. The molecule has 1 aromatic rings. The maximum Gasteiger partial charge on any atom is 0.290 e. The van der Waals surface area contributed by atoms with E-state index in [2.05, 4.69) is 0 Å². The van der Waals surface area contributed by atoms with Gasteiger partial charge in [0.25, 0.3) is 5.91 Å². The number of hydrogen-bond acceptors (Lipinski definition) is 4. The summed E-state index contributed by atoms with van der Waals surface area (Å²) >= 11 is 0. The molecular weight excluding hydrogens is 308 g/mol. The van der Waals surface area contributed by atoms with Crippen molar-refractivity contribution in [1.29, 1.82) is 0 Å². The van der Waals surface area contributed by atoms with Crippen LogP contribution in [-0.2, 0) is 4.79 Å². The predicted octanol–water partition coefficient (Wildman–Crippen LogP) is 1.89. The van der Waals surface area contributed by atoms with Gasteiger partial charge in [0.1, 0.15) is 6.04 Å². The van der Waals surface area contributed by atoms with Crippen LogP contribution in [-0.4, -0.2) is 59.0 Å². The van der Waals surface area contributed by atoms with E-state index in [4.69, 9.17) is 4.42 Å². The van der Waals surface area contributed by atoms with Gasteiger partial charge in [-0.3, -0.25) is 9.59 Å². The highest BCUT2D eigenvalue weighted by Gasteiger charge is 2.36. The molecule has 6 nitrogen and oxygen atoms in total. The van der Waals surface area contributed by atoms with Crippen LogP contribution < -0.4 is 0 Å². The van der Waals surface area contributed by atoms with Crippen molar-refractivity contribution in [1.82, 2.24) is 9.80 Å². The smallest absolute Gasteiger partial charge is 0.290 e. The van der Waals surface area contributed by atoms with Crippen LogP contribution in [0.25, 0.3) is 0 Å². The summed E-state index contributed by atoms with van der Waals surface area (Å²) in [4.78, 5) is 28.9. The van der Waals surface area contributed by atoms with Gasteiger partial charge < -0.3 is 19.3 Å². The number of likely N-dealkylation sites (tertiary alicyclic amines) is 1. The molecule has 1 aliphatic carbocycles. The highest BCUT2D eigenvalue weighted by Crippen LogP contribution is 2.27. The summed E-state index contributed by atoms with van der Waals surface area (Å²) < 4.78 is 5.21. The first-order chi connectivity index (χ1) is 11.6. The van der Waals surface area contributed by atoms with Crippen LogP contribution in [0.15, 0.2) is 22.8 Å². The number of carbonyl (C=O) groups is 2. The zero-order valence-corrected chi connectivity index (χ0v) is 14.2. The monoisotopic (exact) mass is 334 g/mol. The Balaban J connectivity index is 1.67. The lowest BCUT2D eigenvalue weighted by atomic mass is 9.99. The molecule has 132 valence electrons. The van der Waals surface area contributed by atoms with Crippen molar-refractivity contribution in [2.24, 2.45) is 5.92 Å². The lowest BCUT2D eigenvalue weighted by Gasteiger charge is -2.37. The standard InChI is InChI=1S/C18H26N2O4/c1-19(12-13-6-4-8-15(13)21)17(22)14-7-2-3-10-20(14)18(23)16-9-5-11-24-16/h5,9,11,13-15,21H,2-4,6-8,10,12H2,1H3. The third kappa shape index (κ3) is 3.48. The Morgan fingerprint density at radius 3 is 2.79 bits per heavy atom. The van der Waals surface area contributed by atoms with Crippen molar-refractivity contribution in [2.45, 2.75) is 50.7 Å². The molecule has 3 rings (SSSR count). The van der Waals surface area contributed by atoms with E-state index in [1.807, 2.05) is 0 Å². The topological polar surface area (TPSA) is 74.0 Å². The number of amides is 2. The minimum absolute atomic E-state index is 0.0336. The summed E-state index contributed by atoms with van der Waals surface area (Å²) in [5, 5.41) is 9.98. The second-order valence-electron chi connectivity index (χ2n) is 6.96. The largest absolute Gasteiger partial charge is 0.459 e. The molecule has 0 bridgehead atoms. The number of carbonyl (C=O) groups excluding carboxylic acids is 2. The highest BCUT2D eigenvalue weighted by atomic mass is 16.3. The zero-order valence-electron chi connectivity index (χ0n) is 14.2. The molecule has 0 aromatic carbocycles. The van der Waals surface area contributed by atoms with Gasteiger partial charge in [-0.25, -0.2) is 0 Å². The molecule has 0 spiro atoms. The number of furan rings is 1. The van der Waals surface area contributed by atoms with E-state index in [9.17, 15) is 14.7 Å². The Kier molecular flexibility index (Phi) is 5.23. The normalized spacial score (nSPS) is 27.2. The van der Waals surface area contributed by atoms with Gasteiger partial charge in [0.2, 0.25) is 5.91 Å². The van der Waals surface area contributed by atoms with Gasteiger partial charge in [0, 0.05) is 26.1 Å². The molecule has 6 heteroatoms. The highest BCUT2D eigenvalue weighted by molar-refractivity contribution is 5.95. The van der Waals surface area contributed by atoms with E-state index in [-0.39, 0.29) is 29.6 Å². The predicted molar refractivity (Wildman–Crippen MR) is 88.4 cm³/mol. The molecule has 3 atom stereocenters. The Labute approximate surface area is 142 Å². The maximum absolute atomic E-state index is 12.9. The van der Waals surface area contributed by atoms with Crippen molar-refractivity contribution in [2.75, 3.05) is 20.1 Å². The van der Waals surface area contributed by atoms with Crippen molar-refractivity contribution in [3.05, 3.63) is 24.2 Å². The molecule has 0 radical (unpaired) electrons. The average molecular weight is 334 g/mol. The summed E-state index contributed by atoms with van der Waals surface area (Å²) in [6.45, 7) is 1.13. The fourth-order valence-corrected chi connectivity index (χ4v) is 3.90. The lowest BCUT2D eigenvalue weighted by molar-refractivity contribution is -0.136. The Morgan fingerprint density at radius 2 is 2.12 bits per heavy atom. The molecule has 1 saturated carbocycles. The van der Waals surface area contributed by atoms with Gasteiger partial charge in [0.15, 0.2) is 5.76 Å². The number of nitrogens with zero attached hydrogens (tertiary/aromatic N) is 2. The molecule has 2 heterocycles. The molecule has 2 fully saturated rings. The lowest BCUT2D eigenvalue weighted by Crippen LogP contribution is -2.53. The first-order valence-corrected chi connectivity index (χ1v) is 8.85. The van der Waals surface area contributed by atoms with Crippen LogP contribution in [0.1, 0.15) is 49.1 Å².